The number of aromatic nitrogens is 1. The van der Waals surface area contributed by atoms with Crippen molar-refractivity contribution >= 4 is 129 Å². The van der Waals surface area contributed by atoms with Gasteiger partial charge in [-0.25, -0.2) is 0 Å². The van der Waals surface area contributed by atoms with Crippen LogP contribution in [0.5, 0.6) is 0 Å². The van der Waals surface area contributed by atoms with E-state index in [1.807, 2.05) is 0 Å². The summed E-state index contributed by atoms with van der Waals surface area (Å²) in [5.74, 6) is -15.7. The van der Waals surface area contributed by atoms with Crippen LogP contribution in [0.15, 0.2) is 30.5 Å². The Bertz CT molecular complexity index is 2860. The monoisotopic (exact) mass is 1260 g/mol. The van der Waals surface area contributed by atoms with E-state index in [9.17, 15) is 90.6 Å². The molecule has 0 spiro atoms. The minimum absolute atomic E-state index is 0.0701. The van der Waals surface area contributed by atoms with Crippen LogP contribution in [0.2, 0.25) is 0 Å². The van der Waals surface area contributed by atoms with Crippen LogP contribution in [0.4, 0.5) is 0 Å². The van der Waals surface area contributed by atoms with E-state index in [1.165, 1.54) is 31.8 Å². The number of carboxylic acid groups (broad SMARTS) is 3. The Hall–Kier alpha value is -7.21. The number of benzene rings is 1. The number of hydrogen-bond donors (Lipinski definition) is 15. The molecule has 35 heteroatoms. The van der Waals surface area contributed by atoms with E-state index >= 15 is 0 Å². The lowest BCUT2D eigenvalue weighted by Gasteiger charge is -2.30. The summed E-state index contributed by atoms with van der Waals surface area (Å²) in [5, 5.41) is 48.6. The van der Waals surface area contributed by atoms with Gasteiger partial charge in [0.25, 0.3) is 0 Å². The number of aliphatic carboxylic acids is 3. The van der Waals surface area contributed by atoms with E-state index in [4.69, 9.17) is 11.5 Å². The highest BCUT2D eigenvalue weighted by Crippen LogP contribution is 2.29. The van der Waals surface area contributed by atoms with Crippen molar-refractivity contribution in [1.82, 2.24) is 52.4 Å². The van der Waals surface area contributed by atoms with Crippen LogP contribution >= 0.6 is 32.4 Å². The summed E-state index contributed by atoms with van der Waals surface area (Å²) in [4.78, 5) is 176. The Morgan fingerprint density at radius 3 is 1.77 bits per heavy atom. The number of para-hydroxylation sites is 1. The van der Waals surface area contributed by atoms with Crippen molar-refractivity contribution in [2.75, 3.05) is 24.3 Å². The second kappa shape index (κ2) is 33.9. The molecule has 10 atom stereocenters. The number of thioether (sulfide) groups is 1. The fourth-order valence-corrected chi connectivity index (χ4v) is 11.9. The standard InChI is InChI=1S/C49H72N12O19S4/c1-23(2)17-31(44(72)59-34(20-39(66)67)47(75)60-35(22-82-83-84(78,79)80)49(77)61-15-8-11-36(61)48(76)53-24(3)40(51)68)56-45(73)32(18-26-21-52-29-10-7-6-9-27(26)29)57-46(74)33(19-38(64)65)58-43(71)30(12-13-37(62)63)55-41(69)25(4)54-42(70)28(50)14-16-81-5/h6-7,9-10,21,23-25,28,30-36,52H,8,11-20,22,50H2,1-5H3,(H2,51,68)(H,53,76)(H,54,70)(H,55,69)(H,56,73)(H,57,74)(H,58,71)(H,59,72)(H,60,75)(H,62,63)(H,64,65)(H,66,67)(H,78,79,80)/t24-,25-,28-,30-,31-,32-,33-,34-,35-,36-/m0/s1. The zero-order chi connectivity index (χ0) is 63.2. The van der Waals surface area contributed by atoms with Crippen molar-refractivity contribution < 1.29 is 90.6 Å². The van der Waals surface area contributed by atoms with Gasteiger partial charge in [-0.3, -0.25) is 66.9 Å². The molecule has 0 saturated carbocycles. The highest BCUT2D eigenvalue weighted by atomic mass is 33.5. The Kier molecular flexibility index (Phi) is 28.7. The molecule has 466 valence electrons. The predicted octanol–water partition coefficient (Wildman–Crippen LogP) is -2.77. The number of nitrogens with one attached hydrogen (secondary N) is 9. The quantitative estimate of drug-likeness (QED) is 0.0243. The van der Waals surface area contributed by atoms with Crippen molar-refractivity contribution in [2.24, 2.45) is 17.4 Å². The van der Waals surface area contributed by atoms with Crippen LogP contribution in [-0.2, 0) is 77.9 Å². The van der Waals surface area contributed by atoms with Gasteiger partial charge in [-0.15, -0.1) is 0 Å². The second-order valence-electron chi connectivity index (χ2n) is 19.9. The number of fused-ring (bicyclic) bond motifs is 1. The van der Waals surface area contributed by atoms with Gasteiger partial charge in [0, 0.05) is 42.2 Å². The van der Waals surface area contributed by atoms with Gasteiger partial charge < -0.3 is 79.2 Å². The van der Waals surface area contributed by atoms with Crippen LogP contribution in [0.3, 0.4) is 0 Å². The maximum Gasteiger partial charge on any atom is 0.329 e. The molecule has 1 saturated heterocycles. The number of likely N-dealkylation sites (tertiary alicyclic amines) is 1. The van der Waals surface area contributed by atoms with Gasteiger partial charge in [-0.05, 0) is 75.5 Å². The van der Waals surface area contributed by atoms with Crippen molar-refractivity contribution in [3.8, 4) is 0 Å². The molecule has 1 aromatic carbocycles. The van der Waals surface area contributed by atoms with Crippen LogP contribution in [0.25, 0.3) is 10.9 Å². The molecule has 1 aliphatic rings. The zero-order valence-electron chi connectivity index (χ0n) is 46.4. The third-order valence-electron chi connectivity index (χ3n) is 12.7. The average molecular weight is 1260 g/mol. The summed E-state index contributed by atoms with van der Waals surface area (Å²) in [6.07, 6.45) is -0.299. The highest BCUT2D eigenvalue weighted by Gasteiger charge is 2.41. The number of carbonyl (C=O) groups excluding carboxylic acids is 10. The molecule has 84 heavy (non-hydrogen) atoms. The molecule has 3 rings (SSSR count). The highest BCUT2D eigenvalue weighted by molar-refractivity contribution is 9.05. The Morgan fingerprint density at radius 1 is 0.679 bits per heavy atom. The zero-order valence-corrected chi connectivity index (χ0v) is 49.6. The first-order valence-electron chi connectivity index (χ1n) is 26.1. The summed E-state index contributed by atoms with van der Waals surface area (Å²) < 4.78 is 32.6. The molecular formula is C49H72N12O19S4. The Morgan fingerprint density at radius 2 is 1.21 bits per heavy atom. The Balaban J connectivity index is 1.99. The van der Waals surface area contributed by atoms with Gasteiger partial charge in [0.15, 0.2) is 0 Å². The van der Waals surface area contributed by atoms with Crippen LogP contribution in [-0.4, -0.2) is 200 Å². The van der Waals surface area contributed by atoms with Crippen molar-refractivity contribution in [3.63, 3.8) is 0 Å². The minimum Gasteiger partial charge on any atom is -0.481 e. The maximum atomic E-state index is 14.6. The topological polar surface area (TPSA) is 504 Å². The summed E-state index contributed by atoms with van der Waals surface area (Å²) in [7, 11) is -4.45. The smallest absolute Gasteiger partial charge is 0.329 e. The molecule has 0 unspecified atom stereocenters. The summed E-state index contributed by atoms with van der Waals surface area (Å²) in [5.41, 5.74) is 12.2. The number of nitrogens with zero attached hydrogens (tertiary/aromatic N) is 1. The van der Waals surface area contributed by atoms with E-state index < -0.39 is 184 Å². The maximum absolute atomic E-state index is 14.6. The van der Waals surface area contributed by atoms with Gasteiger partial charge in [-0.2, -0.15) is 20.2 Å². The van der Waals surface area contributed by atoms with E-state index in [0.717, 1.165) is 4.90 Å². The fraction of sp³-hybridized carbons (Fsp3) is 0.571. The third-order valence-corrected chi connectivity index (χ3v) is 17.7. The van der Waals surface area contributed by atoms with Crippen molar-refractivity contribution in [3.05, 3.63) is 36.0 Å². The first kappa shape index (κ1) is 71.1. The molecule has 17 N–H and O–H groups in total. The van der Waals surface area contributed by atoms with Gasteiger partial charge in [0.1, 0.15) is 54.4 Å². The third kappa shape index (κ3) is 23.8. The van der Waals surface area contributed by atoms with E-state index in [1.54, 1.807) is 44.4 Å². The first-order valence-corrected chi connectivity index (χ1v) is 31.7. The lowest BCUT2D eigenvalue weighted by atomic mass is 10.00. The van der Waals surface area contributed by atoms with Gasteiger partial charge in [0.2, 0.25) is 59.1 Å². The molecule has 10 amide bonds. The summed E-state index contributed by atoms with van der Waals surface area (Å²) >= 11 is 1.43. The molecule has 0 radical (unpaired) electrons. The van der Waals surface area contributed by atoms with Crippen molar-refractivity contribution in [1.29, 1.82) is 0 Å². The SMILES string of the molecule is CSCC[C@H](N)C(=O)N[C@@H](C)C(=O)N[C@@H](CCC(=O)O)C(=O)N[C@@H](CC(=O)O)C(=O)N[C@@H](Cc1c[nH]c2ccccc12)C(=O)N[C@@H](CC(C)C)C(=O)N[C@@H](CC(=O)O)C(=O)N[C@@H](CSSS(=O)(=O)O)C(=O)N1CCC[C@H]1C(=O)N[C@@H](C)C(N)=O. The minimum atomic E-state index is -4.73. The molecular weight excluding hydrogens is 1190 g/mol. The summed E-state index contributed by atoms with van der Waals surface area (Å²) in [6.45, 7) is 5.74. The molecule has 0 aliphatic carbocycles. The number of carbonyl (C=O) groups is 13. The van der Waals surface area contributed by atoms with Gasteiger partial charge in [-0.1, -0.05) is 42.8 Å². The number of hydrogen-bond acceptors (Lipinski definition) is 19. The molecule has 1 aromatic heterocycles. The van der Waals surface area contributed by atoms with E-state index in [2.05, 4.69) is 47.5 Å². The van der Waals surface area contributed by atoms with Crippen LogP contribution in [0.1, 0.15) is 84.6 Å². The lowest BCUT2D eigenvalue weighted by Crippen LogP contribution is -2.61. The van der Waals surface area contributed by atoms with E-state index in [0.29, 0.717) is 33.0 Å². The number of amides is 10. The number of H-pyrrole nitrogens is 1. The second-order valence-corrected chi connectivity index (χ2v) is 26.1. The van der Waals surface area contributed by atoms with E-state index in [-0.39, 0.29) is 48.5 Å². The van der Waals surface area contributed by atoms with Crippen LogP contribution < -0.4 is 54.0 Å². The largest absolute Gasteiger partial charge is 0.481 e. The molecule has 1 fully saturated rings. The van der Waals surface area contributed by atoms with Crippen molar-refractivity contribution in [2.45, 2.75) is 146 Å². The van der Waals surface area contributed by atoms with Gasteiger partial charge >= 0.3 is 27.1 Å². The molecule has 2 heterocycles. The first-order chi connectivity index (χ1) is 39.3. The summed E-state index contributed by atoms with van der Waals surface area (Å²) in [6, 6.07) is -8.89. The van der Waals surface area contributed by atoms with Crippen LogP contribution in [0, 0.1) is 5.92 Å². The average Bonchev–Trinajstić information content (AvgIpc) is 4.11. The number of aromatic amines is 1. The normalized spacial score (nSPS) is 16.4. The number of nitrogens with two attached hydrogens (primary N) is 2. The molecule has 31 nitrogen and oxygen atoms in total. The Labute approximate surface area is 493 Å². The predicted molar refractivity (Wildman–Crippen MR) is 306 cm³/mol. The number of carboxylic acids is 3. The molecule has 0 bridgehead atoms. The number of rotatable bonds is 36. The van der Waals surface area contributed by atoms with Gasteiger partial charge in [0.05, 0.1) is 28.7 Å². The fourth-order valence-electron chi connectivity index (χ4n) is 8.37. The molecule has 2 aromatic rings. The lowest BCUT2D eigenvalue weighted by molar-refractivity contribution is -0.143. The molecule has 1 aliphatic heterocycles. The number of primary amides is 1.